The standard InChI is InChI=1S/C24H34N8O6S2/c1-14(2)21-28-15(12-39-21)10-32(3)23(36)30-17(8-18-20(34)31-22(35)29-18)19(33)26-6-4-5-7-27-24(37)38-11-16-9-25-13-40-16/h9,12-14,17-18H,4-8,10-11H2,1-3H3,(H,26,33)(H,27,37)(H,30,36)(H2,29,31,34,35)/t17-,18?/m0/s1. The van der Waals surface area contributed by atoms with E-state index in [2.05, 4.69) is 36.6 Å². The van der Waals surface area contributed by atoms with Crippen molar-refractivity contribution in [1.82, 2.24) is 41.5 Å². The van der Waals surface area contributed by atoms with E-state index in [1.165, 1.54) is 27.6 Å². The molecule has 0 radical (unpaired) electrons. The van der Waals surface area contributed by atoms with E-state index in [9.17, 15) is 24.0 Å². The fraction of sp³-hybridized carbons (Fsp3) is 0.542. The topological polar surface area (TPSA) is 184 Å². The molecule has 0 spiro atoms. The van der Waals surface area contributed by atoms with E-state index in [1.807, 2.05) is 19.2 Å². The lowest BCUT2D eigenvalue weighted by molar-refractivity contribution is -0.124. The van der Waals surface area contributed by atoms with Gasteiger partial charge in [0.05, 0.1) is 27.6 Å². The molecule has 14 nitrogen and oxygen atoms in total. The summed E-state index contributed by atoms with van der Waals surface area (Å²) in [5, 5.41) is 15.5. The number of carbonyl (C=O) groups excluding carboxylic acids is 5. The summed E-state index contributed by atoms with van der Waals surface area (Å²) in [7, 11) is 1.58. The van der Waals surface area contributed by atoms with E-state index in [-0.39, 0.29) is 32.0 Å². The van der Waals surface area contributed by atoms with Crippen LogP contribution in [0.3, 0.4) is 0 Å². The van der Waals surface area contributed by atoms with Gasteiger partial charge in [0.25, 0.3) is 5.91 Å². The van der Waals surface area contributed by atoms with Crippen LogP contribution in [0.2, 0.25) is 0 Å². The Bertz CT molecular complexity index is 1170. The zero-order valence-electron chi connectivity index (χ0n) is 22.5. The second-order valence-electron chi connectivity index (χ2n) is 9.41. The predicted molar refractivity (Wildman–Crippen MR) is 148 cm³/mol. The number of amides is 7. The quantitative estimate of drug-likeness (QED) is 0.161. The molecule has 3 heterocycles. The number of carbonyl (C=O) groups is 5. The fourth-order valence-electron chi connectivity index (χ4n) is 3.60. The third-order valence-electron chi connectivity index (χ3n) is 5.75. The Balaban J connectivity index is 1.44. The van der Waals surface area contributed by atoms with Gasteiger partial charge >= 0.3 is 18.2 Å². The summed E-state index contributed by atoms with van der Waals surface area (Å²) in [6.07, 6.45) is 2.08. The van der Waals surface area contributed by atoms with Gasteiger partial charge in [0.15, 0.2) is 0 Å². The summed E-state index contributed by atoms with van der Waals surface area (Å²) < 4.78 is 5.09. The van der Waals surface area contributed by atoms with Gasteiger partial charge in [-0.15, -0.1) is 22.7 Å². The Morgan fingerprint density at radius 2 is 1.90 bits per heavy atom. The molecule has 5 N–H and O–H groups in total. The van der Waals surface area contributed by atoms with Crippen LogP contribution >= 0.6 is 22.7 Å². The van der Waals surface area contributed by atoms with Gasteiger partial charge in [-0.3, -0.25) is 19.9 Å². The van der Waals surface area contributed by atoms with Crippen LogP contribution in [0.1, 0.15) is 54.6 Å². The largest absolute Gasteiger partial charge is 0.444 e. The van der Waals surface area contributed by atoms with Crippen molar-refractivity contribution in [1.29, 1.82) is 0 Å². The van der Waals surface area contributed by atoms with Gasteiger partial charge in [-0.25, -0.2) is 19.4 Å². The highest BCUT2D eigenvalue weighted by Crippen LogP contribution is 2.20. The first-order valence-electron chi connectivity index (χ1n) is 12.7. The summed E-state index contributed by atoms with van der Waals surface area (Å²) in [5.41, 5.74) is 2.39. The average Bonchev–Trinajstić information content (AvgIpc) is 3.66. The van der Waals surface area contributed by atoms with E-state index in [0.717, 1.165) is 15.6 Å². The number of rotatable bonds is 14. The maximum Gasteiger partial charge on any atom is 0.407 e. The van der Waals surface area contributed by atoms with Crippen molar-refractivity contribution in [2.45, 2.75) is 64.3 Å². The number of unbranched alkanes of at least 4 members (excludes halogenated alkanes) is 1. The third-order valence-corrected chi connectivity index (χ3v) is 7.70. The van der Waals surface area contributed by atoms with Crippen LogP contribution in [0.15, 0.2) is 17.1 Å². The van der Waals surface area contributed by atoms with Crippen LogP contribution in [0.4, 0.5) is 14.4 Å². The van der Waals surface area contributed by atoms with Crippen molar-refractivity contribution < 1.29 is 28.7 Å². The molecule has 0 aliphatic carbocycles. The number of nitrogens with one attached hydrogen (secondary N) is 5. The molecule has 40 heavy (non-hydrogen) atoms. The minimum Gasteiger partial charge on any atom is -0.444 e. The highest BCUT2D eigenvalue weighted by molar-refractivity contribution is 7.09. The maximum atomic E-state index is 13.0. The van der Waals surface area contributed by atoms with E-state index in [4.69, 9.17) is 4.74 Å². The van der Waals surface area contributed by atoms with Crippen molar-refractivity contribution in [2.24, 2.45) is 0 Å². The van der Waals surface area contributed by atoms with Gasteiger partial charge in [0.1, 0.15) is 18.7 Å². The van der Waals surface area contributed by atoms with E-state index in [0.29, 0.717) is 19.4 Å². The van der Waals surface area contributed by atoms with Gasteiger partial charge in [0, 0.05) is 44.1 Å². The Kier molecular flexibility index (Phi) is 11.6. The molecule has 1 saturated heterocycles. The molecule has 0 saturated carbocycles. The van der Waals surface area contributed by atoms with Crippen molar-refractivity contribution in [2.75, 3.05) is 20.1 Å². The molecule has 1 fully saturated rings. The Morgan fingerprint density at radius 1 is 1.15 bits per heavy atom. The number of nitrogens with zero attached hydrogens (tertiary/aromatic N) is 3. The van der Waals surface area contributed by atoms with Gasteiger partial charge in [-0.1, -0.05) is 13.8 Å². The van der Waals surface area contributed by atoms with Crippen LogP contribution in [-0.4, -0.2) is 77.1 Å². The monoisotopic (exact) mass is 594 g/mol. The number of hydrogen-bond acceptors (Lipinski definition) is 10. The second-order valence-corrected chi connectivity index (χ2v) is 11.3. The number of alkyl carbamates (subject to hydrolysis) is 1. The van der Waals surface area contributed by atoms with E-state index in [1.54, 1.807) is 18.8 Å². The summed E-state index contributed by atoms with van der Waals surface area (Å²) in [5.74, 6) is -0.789. The molecule has 1 aliphatic heterocycles. The van der Waals surface area contributed by atoms with Crippen molar-refractivity contribution in [3.05, 3.63) is 32.7 Å². The third kappa shape index (κ3) is 9.75. The SMILES string of the molecule is CC(C)c1nc(CN(C)C(=O)N[C@@H](CC2NC(=O)NC2=O)C(=O)NCCCCNC(=O)OCc2cncs2)cs1. The van der Waals surface area contributed by atoms with E-state index >= 15 is 0 Å². The Labute approximate surface area is 239 Å². The molecule has 2 atom stereocenters. The number of hydrogen-bond donors (Lipinski definition) is 5. The molecule has 0 bridgehead atoms. The molecule has 7 amide bonds. The number of urea groups is 2. The zero-order valence-corrected chi connectivity index (χ0v) is 24.2. The molecule has 3 rings (SSSR count). The lowest BCUT2D eigenvalue weighted by Gasteiger charge is -2.24. The molecule has 16 heteroatoms. The number of aromatic nitrogens is 2. The highest BCUT2D eigenvalue weighted by atomic mass is 32.1. The zero-order chi connectivity index (χ0) is 29.1. The second kappa shape index (κ2) is 15.1. The van der Waals surface area contributed by atoms with Crippen LogP contribution in [0.5, 0.6) is 0 Å². The van der Waals surface area contributed by atoms with Crippen molar-refractivity contribution >= 4 is 52.6 Å². The van der Waals surface area contributed by atoms with E-state index < -0.39 is 42.1 Å². The predicted octanol–water partition coefficient (Wildman–Crippen LogP) is 1.65. The molecule has 2 aromatic heterocycles. The van der Waals surface area contributed by atoms with Gasteiger partial charge in [-0.2, -0.15) is 0 Å². The maximum absolute atomic E-state index is 13.0. The summed E-state index contributed by atoms with van der Waals surface area (Å²) in [6, 6.07) is -3.21. The first-order valence-corrected chi connectivity index (χ1v) is 14.5. The molecule has 0 aromatic carbocycles. The minimum atomic E-state index is -1.08. The Morgan fingerprint density at radius 3 is 2.52 bits per heavy atom. The molecule has 1 aliphatic rings. The molecular weight excluding hydrogens is 560 g/mol. The van der Waals surface area contributed by atoms with Crippen molar-refractivity contribution in [3.63, 3.8) is 0 Å². The first kappa shape index (κ1) is 30.7. The van der Waals surface area contributed by atoms with Gasteiger partial charge in [-0.05, 0) is 12.8 Å². The van der Waals surface area contributed by atoms with Crippen LogP contribution in [0.25, 0.3) is 0 Å². The highest BCUT2D eigenvalue weighted by Gasteiger charge is 2.35. The van der Waals surface area contributed by atoms with Crippen LogP contribution in [0, 0.1) is 0 Å². The van der Waals surface area contributed by atoms with Crippen molar-refractivity contribution in [3.8, 4) is 0 Å². The van der Waals surface area contributed by atoms with Crippen LogP contribution < -0.4 is 26.6 Å². The molecule has 1 unspecified atom stereocenters. The first-order chi connectivity index (χ1) is 19.1. The average molecular weight is 595 g/mol. The number of thiazole rings is 2. The lowest BCUT2D eigenvalue weighted by Crippen LogP contribution is -2.53. The smallest absolute Gasteiger partial charge is 0.407 e. The summed E-state index contributed by atoms with van der Waals surface area (Å²) >= 11 is 2.91. The normalized spacial score (nSPS) is 15.2. The minimum absolute atomic E-state index is 0.121. The molecule has 2 aromatic rings. The Hall–Kier alpha value is -3.79. The fourth-order valence-corrected chi connectivity index (χ4v) is 4.93. The summed E-state index contributed by atoms with van der Waals surface area (Å²) in [6.45, 7) is 5.10. The van der Waals surface area contributed by atoms with Gasteiger partial charge < -0.3 is 30.9 Å². The lowest BCUT2D eigenvalue weighted by atomic mass is 10.1. The summed E-state index contributed by atoms with van der Waals surface area (Å²) in [4.78, 5) is 71.9. The molecule has 218 valence electrons. The molecular formula is C24H34N8O6S2. The van der Waals surface area contributed by atoms with Crippen LogP contribution in [-0.2, 0) is 27.5 Å². The number of imide groups is 1. The number of ether oxygens (including phenoxy) is 1. The van der Waals surface area contributed by atoms with Gasteiger partial charge in [0.2, 0.25) is 5.91 Å².